The van der Waals surface area contributed by atoms with E-state index in [-0.39, 0.29) is 62.7 Å². The number of aromatic nitrogens is 2. The maximum atomic E-state index is 14.8. The van der Waals surface area contributed by atoms with Gasteiger partial charge in [-0.1, -0.05) is 45.7 Å². The van der Waals surface area contributed by atoms with E-state index >= 15 is 0 Å². The molecule has 1 aliphatic rings. The first-order valence-electron chi connectivity index (χ1n) is 12.7. The van der Waals surface area contributed by atoms with Crippen LogP contribution in [0.15, 0.2) is 24.5 Å². The quantitative estimate of drug-likeness (QED) is 0.256. The number of nitrogens with one attached hydrogen (secondary N) is 3. The molecule has 0 spiro atoms. The number of rotatable bonds is 10. The second-order valence-corrected chi connectivity index (χ2v) is 11.9. The molecule has 1 amide bonds. The zero-order valence-electron chi connectivity index (χ0n) is 22.8. The third-order valence-corrected chi connectivity index (χ3v) is 6.72. The van der Waals surface area contributed by atoms with Crippen LogP contribution in [0, 0.1) is 11.2 Å². The van der Waals surface area contributed by atoms with Crippen LogP contribution in [-0.4, -0.2) is 34.6 Å². The van der Waals surface area contributed by atoms with Crippen LogP contribution in [0.2, 0.25) is 5.02 Å². The Balaban J connectivity index is 0.00000342. The van der Waals surface area contributed by atoms with Gasteiger partial charge in [0.2, 0.25) is 11.9 Å². The van der Waals surface area contributed by atoms with E-state index in [9.17, 15) is 9.18 Å². The first-order chi connectivity index (χ1) is 16.4. The number of fused-ring (bicyclic) bond motifs is 1. The molecule has 0 radical (unpaired) electrons. The summed E-state index contributed by atoms with van der Waals surface area (Å²) in [7, 11) is 0. The fourth-order valence-electron chi connectivity index (χ4n) is 4.77. The summed E-state index contributed by atoms with van der Waals surface area (Å²) >= 11 is 6.08. The Morgan fingerprint density at radius 1 is 1.22 bits per heavy atom. The molecule has 1 heterocycles. The molecule has 1 aromatic carbocycles. The molecule has 6 nitrogen and oxygen atoms in total. The number of benzene rings is 1. The van der Waals surface area contributed by atoms with E-state index in [0.29, 0.717) is 23.0 Å². The van der Waals surface area contributed by atoms with Crippen molar-refractivity contribution in [2.24, 2.45) is 5.41 Å². The fourth-order valence-corrected chi connectivity index (χ4v) is 5.00. The van der Waals surface area contributed by atoms with E-state index in [1.54, 1.807) is 6.20 Å². The Bertz CT molecular complexity index is 1020. The topological polar surface area (TPSA) is 71.0 Å². The van der Waals surface area contributed by atoms with Crippen LogP contribution in [0.5, 0.6) is 0 Å². The lowest BCUT2D eigenvalue weighted by atomic mass is 9.86. The van der Waals surface area contributed by atoms with Gasteiger partial charge in [-0.25, -0.2) is 9.37 Å². The van der Waals surface area contributed by atoms with Crippen molar-refractivity contribution in [1.82, 2.24) is 20.2 Å². The van der Waals surface area contributed by atoms with Gasteiger partial charge < -0.3 is 9.88 Å². The minimum Gasteiger partial charge on any atom is -0.314 e. The van der Waals surface area contributed by atoms with Crippen molar-refractivity contribution in [1.29, 1.82) is 0 Å². The highest BCUT2D eigenvalue weighted by Crippen LogP contribution is 2.34. The van der Waals surface area contributed by atoms with Crippen LogP contribution in [0.1, 0.15) is 84.4 Å². The molecule has 37 heavy (non-hydrogen) atoms. The highest BCUT2D eigenvalue weighted by atomic mass is 79.9. The highest BCUT2D eigenvalue weighted by molar-refractivity contribution is 8.93. The van der Waals surface area contributed by atoms with Crippen LogP contribution in [-0.2, 0) is 16.8 Å². The van der Waals surface area contributed by atoms with Gasteiger partial charge in [-0.3, -0.25) is 15.4 Å². The molecule has 10 heteroatoms. The smallest absolute Gasteiger partial charge is 0.243 e. The lowest BCUT2D eigenvalue weighted by Crippen LogP contribution is -2.45. The number of amides is 1. The number of carbonyl (C=O) groups excluding carboxylic acids is 1. The van der Waals surface area contributed by atoms with Crippen molar-refractivity contribution in [3.8, 4) is 0 Å². The Morgan fingerprint density at radius 2 is 1.92 bits per heavy atom. The third kappa shape index (κ3) is 9.31. The molecule has 1 aromatic heterocycles. The third-order valence-electron chi connectivity index (χ3n) is 6.50. The SMILES string of the molecule is Br.Br.CCC[C@H](N[C@H]1CCCc2cc(Cl)cc(F)c21)C(=O)Nc1nccn1C(C)(C)CNCC(C)(C)C. The van der Waals surface area contributed by atoms with Gasteiger partial charge >= 0.3 is 0 Å². The average Bonchev–Trinajstić information content (AvgIpc) is 3.21. The Hall–Kier alpha value is -1.00. The van der Waals surface area contributed by atoms with Crippen LogP contribution in [0.3, 0.4) is 0 Å². The first kappa shape index (κ1) is 34.0. The minimum atomic E-state index is -0.460. The van der Waals surface area contributed by atoms with Crippen molar-refractivity contribution in [3.05, 3.63) is 46.5 Å². The van der Waals surface area contributed by atoms with E-state index in [2.05, 4.69) is 55.6 Å². The monoisotopic (exact) mass is 665 g/mol. The summed E-state index contributed by atoms with van der Waals surface area (Å²) in [6.07, 6.45) is 7.57. The number of nitrogens with zero attached hydrogens (tertiary/aromatic N) is 2. The van der Waals surface area contributed by atoms with Crippen LogP contribution >= 0.6 is 45.6 Å². The number of hydrogen-bond acceptors (Lipinski definition) is 4. The van der Waals surface area contributed by atoms with E-state index < -0.39 is 6.04 Å². The van der Waals surface area contributed by atoms with Crippen molar-refractivity contribution < 1.29 is 9.18 Å². The second-order valence-electron chi connectivity index (χ2n) is 11.5. The second kappa shape index (κ2) is 14.4. The predicted molar refractivity (Wildman–Crippen MR) is 162 cm³/mol. The Labute approximate surface area is 247 Å². The van der Waals surface area contributed by atoms with Gasteiger partial charge in [-0.05, 0) is 62.6 Å². The summed E-state index contributed by atoms with van der Waals surface area (Å²) in [6.45, 7) is 14.5. The molecular formula is C27H43Br2ClFN5O. The summed E-state index contributed by atoms with van der Waals surface area (Å²) in [5.41, 5.74) is 1.46. The molecule has 0 fully saturated rings. The molecule has 2 aromatic rings. The van der Waals surface area contributed by atoms with Gasteiger partial charge in [0, 0.05) is 42.1 Å². The van der Waals surface area contributed by atoms with Crippen LogP contribution in [0.25, 0.3) is 0 Å². The van der Waals surface area contributed by atoms with Gasteiger partial charge in [0.05, 0.1) is 11.6 Å². The lowest BCUT2D eigenvalue weighted by molar-refractivity contribution is -0.118. The molecule has 1 aliphatic carbocycles. The number of halogens is 4. The summed E-state index contributed by atoms with van der Waals surface area (Å²) in [5.74, 6) is 0.0575. The molecule has 0 aliphatic heterocycles. The molecule has 0 saturated heterocycles. The molecule has 0 saturated carbocycles. The molecule has 3 rings (SSSR count). The van der Waals surface area contributed by atoms with Crippen molar-refractivity contribution in [3.63, 3.8) is 0 Å². The van der Waals surface area contributed by atoms with Crippen molar-refractivity contribution in [2.75, 3.05) is 18.4 Å². The molecule has 3 N–H and O–H groups in total. The van der Waals surface area contributed by atoms with Crippen molar-refractivity contribution >= 4 is 57.4 Å². The Morgan fingerprint density at radius 3 is 2.57 bits per heavy atom. The Kier molecular flexibility index (Phi) is 13.2. The van der Waals surface area contributed by atoms with E-state index in [1.165, 1.54) is 6.07 Å². The standard InChI is InChI=1S/C27H41ClFN5O.2BrH/c1-7-9-22(32-21-11-8-10-18-14-19(28)15-20(29)23(18)21)24(35)33-25-31-12-13-34(25)27(5,6)17-30-16-26(2,3)4;;/h12-15,21-22,30,32H,7-11,16-17H2,1-6H3,(H,31,33,35);2*1H/t21-,22-;;/m0../s1. The van der Waals surface area contributed by atoms with Gasteiger partial charge in [-0.15, -0.1) is 34.0 Å². The molecule has 2 atom stereocenters. The largest absolute Gasteiger partial charge is 0.314 e. The zero-order valence-corrected chi connectivity index (χ0v) is 27.0. The lowest BCUT2D eigenvalue weighted by Gasteiger charge is -2.32. The van der Waals surface area contributed by atoms with E-state index in [4.69, 9.17) is 11.6 Å². The molecule has 210 valence electrons. The maximum absolute atomic E-state index is 14.8. The van der Waals surface area contributed by atoms with Gasteiger partial charge in [0.15, 0.2) is 0 Å². The zero-order chi connectivity index (χ0) is 25.8. The van der Waals surface area contributed by atoms with Gasteiger partial charge in [0.25, 0.3) is 0 Å². The number of anilines is 1. The summed E-state index contributed by atoms with van der Waals surface area (Å²) in [5, 5.41) is 10.4. The minimum absolute atomic E-state index is 0. The molecule has 0 unspecified atom stereocenters. The normalized spacial score (nSPS) is 16.3. The highest BCUT2D eigenvalue weighted by Gasteiger charge is 2.30. The fraction of sp³-hybridized carbons (Fsp3) is 0.630. The maximum Gasteiger partial charge on any atom is 0.243 e. The predicted octanol–water partition coefficient (Wildman–Crippen LogP) is 6.98. The molecule has 0 bridgehead atoms. The number of carbonyl (C=O) groups is 1. The average molecular weight is 668 g/mol. The van der Waals surface area contributed by atoms with E-state index in [0.717, 1.165) is 44.3 Å². The van der Waals surface area contributed by atoms with E-state index in [1.807, 2.05) is 23.8 Å². The van der Waals surface area contributed by atoms with Crippen LogP contribution in [0.4, 0.5) is 10.3 Å². The number of aryl methyl sites for hydroxylation is 1. The van der Waals surface area contributed by atoms with Gasteiger partial charge in [-0.2, -0.15) is 0 Å². The number of imidazole rings is 1. The van der Waals surface area contributed by atoms with Crippen molar-refractivity contribution in [2.45, 2.75) is 91.3 Å². The summed E-state index contributed by atoms with van der Waals surface area (Å²) in [6, 6.07) is 2.52. The van der Waals surface area contributed by atoms with Crippen LogP contribution < -0.4 is 16.0 Å². The number of hydrogen-bond donors (Lipinski definition) is 3. The summed E-state index contributed by atoms with van der Waals surface area (Å²) < 4.78 is 16.8. The molecular weight excluding hydrogens is 625 g/mol. The summed E-state index contributed by atoms with van der Waals surface area (Å²) in [4.78, 5) is 17.8. The first-order valence-corrected chi connectivity index (χ1v) is 13.1. The van der Waals surface area contributed by atoms with Gasteiger partial charge in [0.1, 0.15) is 5.82 Å².